The lowest BCUT2D eigenvalue weighted by Gasteiger charge is -2.05. The second kappa shape index (κ2) is 6.71. The fraction of sp³-hybridized carbons (Fsp3) is 0.0667. The van der Waals surface area contributed by atoms with E-state index in [2.05, 4.69) is 20.4 Å². The van der Waals surface area contributed by atoms with Gasteiger partial charge in [0.25, 0.3) is 5.91 Å². The Hall–Kier alpha value is -2.87. The highest BCUT2D eigenvalue weighted by Gasteiger charge is 2.15. The molecule has 9 heteroatoms. The SMILES string of the molecule is O=C(Nc1cccc(Cl)c1F)c1ncn(Cc2ncccc2F)n1. The van der Waals surface area contributed by atoms with E-state index < -0.39 is 17.5 Å². The number of aromatic nitrogens is 4. The number of halogens is 3. The van der Waals surface area contributed by atoms with Gasteiger partial charge in [0, 0.05) is 6.20 Å². The summed E-state index contributed by atoms with van der Waals surface area (Å²) in [4.78, 5) is 19.8. The van der Waals surface area contributed by atoms with Crippen LogP contribution in [0.15, 0.2) is 42.9 Å². The normalized spacial score (nSPS) is 10.6. The molecule has 0 fully saturated rings. The number of hydrogen-bond acceptors (Lipinski definition) is 4. The molecule has 1 amide bonds. The fourth-order valence-corrected chi connectivity index (χ4v) is 2.12. The van der Waals surface area contributed by atoms with Crippen molar-refractivity contribution in [2.24, 2.45) is 0 Å². The average Bonchev–Trinajstić information content (AvgIpc) is 3.03. The van der Waals surface area contributed by atoms with Crippen molar-refractivity contribution in [3.05, 3.63) is 71.0 Å². The fourth-order valence-electron chi connectivity index (χ4n) is 1.94. The Morgan fingerprint density at radius 2 is 2.04 bits per heavy atom. The largest absolute Gasteiger partial charge is 0.317 e. The maximum atomic E-state index is 13.8. The van der Waals surface area contributed by atoms with Crippen molar-refractivity contribution in [1.82, 2.24) is 19.7 Å². The number of carbonyl (C=O) groups is 1. The van der Waals surface area contributed by atoms with Crippen molar-refractivity contribution in [2.75, 3.05) is 5.32 Å². The molecule has 24 heavy (non-hydrogen) atoms. The van der Waals surface area contributed by atoms with Crippen LogP contribution in [-0.2, 0) is 6.54 Å². The third-order valence-electron chi connectivity index (χ3n) is 3.09. The molecule has 3 aromatic rings. The van der Waals surface area contributed by atoms with Gasteiger partial charge in [-0.2, -0.15) is 0 Å². The molecule has 0 spiro atoms. The van der Waals surface area contributed by atoms with E-state index in [0.717, 1.165) is 0 Å². The molecule has 0 unspecified atom stereocenters. The lowest BCUT2D eigenvalue weighted by molar-refractivity contribution is 0.101. The highest BCUT2D eigenvalue weighted by Crippen LogP contribution is 2.22. The summed E-state index contributed by atoms with van der Waals surface area (Å²) in [6, 6.07) is 6.96. The summed E-state index contributed by atoms with van der Waals surface area (Å²) >= 11 is 5.65. The van der Waals surface area contributed by atoms with Gasteiger partial charge in [0.1, 0.15) is 12.1 Å². The van der Waals surface area contributed by atoms with Gasteiger partial charge in [0.2, 0.25) is 5.82 Å². The first-order valence-electron chi connectivity index (χ1n) is 6.79. The molecule has 3 rings (SSSR count). The first kappa shape index (κ1) is 16.0. The zero-order chi connectivity index (χ0) is 17.1. The predicted octanol–water partition coefficient (Wildman–Crippen LogP) is 2.91. The molecule has 2 aromatic heterocycles. The van der Waals surface area contributed by atoms with Crippen LogP contribution >= 0.6 is 11.6 Å². The number of anilines is 1. The van der Waals surface area contributed by atoms with Crippen LogP contribution in [0.2, 0.25) is 5.02 Å². The molecule has 1 aromatic carbocycles. The Bertz CT molecular complexity index is 899. The van der Waals surface area contributed by atoms with Gasteiger partial charge >= 0.3 is 0 Å². The molecule has 122 valence electrons. The molecule has 0 atom stereocenters. The highest BCUT2D eigenvalue weighted by atomic mass is 35.5. The molecule has 1 N–H and O–H groups in total. The molecule has 6 nitrogen and oxygen atoms in total. The van der Waals surface area contributed by atoms with Crippen molar-refractivity contribution < 1.29 is 13.6 Å². The third kappa shape index (κ3) is 3.38. The first-order chi connectivity index (χ1) is 11.5. The van der Waals surface area contributed by atoms with Gasteiger partial charge in [-0.05, 0) is 24.3 Å². The summed E-state index contributed by atoms with van der Waals surface area (Å²) < 4.78 is 28.6. The molecule has 0 aliphatic rings. The predicted molar refractivity (Wildman–Crippen MR) is 82.7 cm³/mol. The van der Waals surface area contributed by atoms with Crippen LogP contribution in [0.3, 0.4) is 0 Å². The van der Waals surface area contributed by atoms with Gasteiger partial charge in [0.15, 0.2) is 5.82 Å². The van der Waals surface area contributed by atoms with E-state index in [9.17, 15) is 13.6 Å². The summed E-state index contributed by atoms with van der Waals surface area (Å²) in [7, 11) is 0. The molecular weight excluding hydrogens is 340 g/mol. The number of carbonyl (C=O) groups excluding carboxylic acids is 1. The Morgan fingerprint density at radius 1 is 1.21 bits per heavy atom. The van der Waals surface area contributed by atoms with Crippen LogP contribution in [-0.4, -0.2) is 25.7 Å². The molecule has 0 radical (unpaired) electrons. The van der Waals surface area contributed by atoms with Crippen molar-refractivity contribution >= 4 is 23.2 Å². The van der Waals surface area contributed by atoms with Crippen LogP contribution in [0, 0.1) is 11.6 Å². The van der Waals surface area contributed by atoms with Gasteiger partial charge in [-0.1, -0.05) is 17.7 Å². The molecule has 0 aliphatic heterocycles. The maximum absolute atomic E-state index is 13.8. The molecule has 0 saturated heterocycles. The zero-order valence-electron chi connectivity index (χ0n) is 12.1. The highest BCUT2D eigenvalue weighted by molar-refractivity contribution is 6.31. The van der Waals surface area contributed by atoms with Gasteiger partial charge in [-0.25, -0.2) is 18.4 Å². The molecule has 2 heterocycles. The van der Waals surface area contributed by atoms with Crippen LogP contribution in [0.5, 0.6) is 0 Å². The number of benzene rings is 1. The van der Waals surface area contributed by atoms with Crippen LogP contribution < -0.4 is 5.32 Å². The molecule has 0 saturated carbocycles. The maximum Gasteiger partial charge on any atom is 0.295 e. The number of rotatable bonds is 4. The average molecular weight is 350 g/mol. The van der Waals surface area contributed by atoms with Crippen LogP contribution in [0.1, 0.15) is 16.3 Å². The quantitative estimate of drug-likeness (QED) is 0.786. The molecule has 0 bridgehead atoms. The van der Waals surface area contributed by atoms with Crippen molar-refractivity contribution in [3.63, 3.8) is 0 Å². The van der Waals surface area contributed by atoms with E-state index in [4.69, 9.17) is 11.6 Å². The van der Waals surface area contributed by atoms with E-state index >= 15 is 0 Å². The standard InChI is InChI=1S/C15H10ClF2N5O/c16-9-3-1-5-11(13(9)18)21-15(24)14-20-8-23(22-14)7-12-10(17)4-2-6-19-12/h1-6,8H,7H2,(H,21,24). The minimum atomic E-state index is -0.748. The summed E-state index contributed by atoms with van der Waals surface area (Å²) in [5.41, 5.74) is 0.0786. The number of hydrogen-bond donors (Lipinski definition) is 1. The first-order valence-corrected chi connectivity index (χ1v) is 7.16. The zero-order valence-corrected chi connectivity index (χ0v) is 12.8. The van der Waals surface area contributed by atoms with Gasteiger partial charge in [-0.15, -0.1) is 5.10 Å². The summed E-state index contributed by atoms with van der Waals surface area (Å²) in [6.07, 6.45) is 2.71. The third-order valence-corrected chi connectivity index (χ3v) is 3.38. The summed E-state index contributed by atoms with van der Waals surface area (Å²) in [5.74, 6) is -2.13. The lowest BCUT2D eigenvalue weighted by atomic mass is 10.3. The minimum Gasteiger partial charge on any atom is -0.317 e. The number of amides is 1. The molecule has 0 aliphatic carbocycles. The van der Waals surface area contributed by atoms with Crippen molar-refractivity contribution in [3.8, 4) is 0 Å². The van der Waals surface area contributed by atoms with E-state index in [-0.39, 0.29) is 28.8 Å². The Labute approximate surface area is 140 Å². The van der Waals surface area contributed by atoms with Crippen molar-refractivity contribution in [1.29, 1.82) is 0 Å². The number of pyridine rings is 1. The summed E-state index contributed by atoms with van der Waals surface area (Å²) in [5, 5.41) is 6.14. The second-order valence-electron chi connectivity index (χ2n) is 4.75. The van der Waals surface area contributed by atoms with E-state index in [0.29, 0.717) is 0 Å². The van der Waals surface area contributed by atoms with Gasteiger partial charge in [0.05, 0.1) is 22.9 Å². The molecular formula is C15H10ClF2N5O. The lowest BCUT2D eigenvalue weighted by Crippen LogP contribution is -2.15. The Kier molecular flexibility index (Phi) is 4.48. The van der Waals surface area contributed by atoms with Crippen molar-refractivity contribution in [2.45, 2.75) is 6.54 Å². The Balaban J connectivity index is 1.74. The second-order valence-corrected chi connectivity index (χ2v) is 5.16. The minimum absolute atomic E-state index is 0.0124. The Morgan fingerprint density at radius 3 is 2.83 bits per heavy atom. The number of nitrogens with one attached hydrogen (secondary N) is 1. The van der Waals surface area contributed by atoms with E-state index in [1.54, 1.807) is 0 Å². The van der Waals surface area contributed by atoms with Crippen LogP contribution in [0.4, 0.5) is 14.5 Å². The monoisotopic (exact) mass is 349 g/mol. The smallest absolute Gasteiger partial charge is 0.295 e. The van der Waals surface area contributed by atoms with Gasteiger partial charge in [-0.3, -0.25) is 9.78 Å². The topological polar surface area (TPSA) is 72.7 Å². The van der Waals surface area contributed by atoms with Crippen LogP contribution in [0.25, 0.3) is 0 Å². The van der Waals surface area contributed by atoms with E-state index in [1.807, 2.05) is 0 Å². The van der Waals surface area contributed by atoms with Gasteiger partial charge < -0.3 is 5.32 Å². The summed E-state index contributed by atoms with van der Waals surface area (Å²) in [6.45, 7) is 0.0124. The van der Waals surface area contributed by atoms with E-state index in [1.165, 1.54) is 47.5 Å². The number of nitrogens with zero attached hydrogens (tertiary/aromatic N) is 4.